The normalized spacial score (nSPS) is 13.2. The predicted molar refractivity (Wildman–Crippen MR) is 51.1 cm³/mol. The first-order valence-corrected chi connectivity index (χ1v) is 4.21. The maximum absolute atomic E-state index is 10.8. The number of primary amides is 1. The zero-order chi connectivity index (χ0) is 9.78. The Hall–Kier alpha value is -0.250. The van der Waals surface area contributed by atoms with Crippen molar-refractivity contribution in [2.45, 2.75) is 19.4 Å². The SMILES string of the molecule is CC(C)(NCC(Cl)=CCl)C(N)=O. The van der Waals surface area contributed by atoms with Crippen molar-refractivity contribution in [2.75, 3.05) is 6.54 Å². The number of rotatable bonds is 4. The summed E-state index contributed by atoms with van der Waals surface area (Å²) in [5, 5.41) is 3.29. The van der Waals surface area contributed by atoms with Crippen molar-refractivity contribution in [1.29, 1.82) is 0 Å². The average Bonchev–Trinajstić information content (AvgIpc) is 2.00. The lowest BCUT2D eigenvalue weighted by atomic mass is 10.1. The third-order valence-electron chi connectivity index (χ3n) is 1.43. The van der Waals surface area contributed by atoms with Gasteiger partial charge in [0.2, 0.25) is 5.91 Å². The van der Waals surface area contributed by atoms with Gasteiger partial charge in [-0.1, -0.05) is 23.2 Å². The fourth-order valence-corrected chi connectivity index (χ4v) is 0.575. The van der Waals surface area contributed by atoms with E-state index < -0.39 is 11.4 Å². The van der Waals surface area contributed by atoms with E-state index in [0.717, 1.165) is 0 Å². The molecule has 0 aromatic heterocycles. The van der Waals surface area contributed by atoms with Crippen molar-refractivity contribution in [2.24, 2.45) is 5.73 Å². The van der Waals surface area contributed by atoms with Crippen LogP contribution in [-0.2, 0) is 4.79 Å². The summed E-state index contributed by atoms with van der Waals surface area (Å²) in [5.74, 6) is -0.429. The summed E-state index contributed by atoms with van der Waals surface area (Å²) in [6.45, 7) is 3.68. The summed E-state index contributed by atoms with van der Waals surface area (Å²) in [6, 6.07) is 0. The minimum absolute atomic E-state index is 0.334. The molecular weight excluding hydrogens is 199 g/mol. The highest BCUT2D eigenvalue weighted by atomic mass is 35.5. The molecule has 0 spiro atoms. The second kappa shape index (κ2) is 4.70. The van der Waals surface area contributed by atoms with E-state index in [4.69, 9.17) is 28.9 Å². The van der Waals surface area contributed by atoms with Gasteiger partial charge in [0.25, 0.3) is 0 Å². The van der Waals surface area contributed by atoms with Crippen LogP contribution >= 0.6 is 23.2 Å². The number of halogens is 2. The quantitative estimate of drug-likeness (QED) is 0.733. The third-order valence-corrected chi connectivity index (χ3v) is 2.05. The number of carbonyl (C=O) groups is 1. The van der Waals surface area contributed by atoms with Crippen molar-refractivity contribution in [3.63, 3.8) is 0 Å². The zero-order valence-corrected chi connectivity index (χ0v) is 8.54. The van der Waals surface area contributed by atoms with Crippen LogP contribution in [0.2, 0.25) is 0 Å². The molecule has 3 N–H and O–H groups in total. The number of hydrogen-bond acceptors (Lipinski definition) is 2. The number of hydrogen-bond donors (Lipinski definition) is 2. The molecule has 0 heterocycles. The molecule has 12 heavy (non-hydrogen) atoms. The van der Waals surface area contributed by atoms with Crippen LogP contribution in [0.15, 0.2) is 10.6 Å². The molecule has 0 saturated carbocycles. The van der Waals surface area contributed by atoms with Crippen molar-refractivity contribution in [3.8, 4) is 0 Å². The Morgan fingerprint density at radius 2 is 2.17 bits per heavy atom. The molecule has 0 saturated heterocycles. The molecule has 0 aromatic rings. The largest absolute Gasteiger partial charge is 0.368 e. The maximum atomic E-state index is 10.8. The van der Waals surface area contributed by atoms with Gasteiger partial charge in [0.1, 0.15) is 0 Å². The molecule has 0 rings (SSSR count). The van der Waals surface area contributed by atoms with E-state index in [1.165, 1.54) is 5.54 Å². The summed E-state index contributed by atoms with van der Waals surface area (Å²) in [4.78, 5) is 10.8. The lowest BCUT2D eigenvalue weighted by Crippen LogP contribution is -2.50. The Bertz CT molecular complexity index is 202. The highest BCUT2D eigenvalue weighted by molar-refractivity contribution is 6.36. The molecule has 0 unspecified atom stereocenters. The zero-order valence-electron chi connectivity index (χ0n) is 7.03. The third kappa shape index (κ3) is 3.95. The van der Waals surface area contributed by atoms with E-state index in [2.05, 4.69) is 5.32 Å². The lowest BCUT2D eigenvalue weighted by molar-refractivity contribution is -0.123. The van der Waals surface area contributed by atoms with Gasteiger partial charge in [-0.2, -0.15) is 0 Å². The van der Waals surface area contributed by atoms with Crippen LogP contribution in [0.4, 0.5) is 0 Å². The van der Waals surface area contributed by atoms with Crippen LogP contribution in [-0.4, -0.2) is 18.0 Å². The molecule has 0 fully saturated rings. The minimum atomic E-state index is -0.764. The van der Waals surface area contributed by atoms with Crippen molar-refractivity contribution >= 4 is 29.1 Å². The van der Waals surface area contributed by atoms with Crippen LogP contribution < -0.4 is 11.1 Å². The van der Waals surface area contributed by atoms with E-state index in [9.17, 15) is 4.79 Å². The Kier molecular flexibility index (Phi) is 4.60. The van der Waals surface area contributed by atoms with Crippen molar-refractivity contribution in [1.82, 2.24) is 5.32 Å². The van der Waals surface area contributed by atoms with Gasteiger partial charge in [0.05, 0.1) is 5.54 Å². The van der Waals surface area contributed by atoms with E-state index in [-0.39, 0.29) is 0 Å². The highest BCUT2D eigenvalue weighted by Gasteiger charge is 2.23. The first-order valence-electron chi connectivity index (χ1n) is 3.40. The number of nitrogens with two attached hydrogens (primary N) is 1. The second-order valence-electron chi connectivity index (χ2n) is 2.90. The molecule has 5 heteroatoms. The van der Waals surface area contributed by atoms with Crippen molar-refractivity contribution < 1.29 is 4.79 Å². The van der Waals surface area contributed by atoms with E-state index >= 15 is 0 Å². The van der Waals surface area contributed by atoms with Crippen LogP contribution in [0.3, 0.4) is 0 Å². The number of carbonyl (C=O) groups excluding carboxylic acids is 1. The van der Waals surface area contributed by atoms with Gasteiger partial charge in [-0.15, -0.1) is 0 Å². The molecule has 0 bridgehead atoms. The molecular formula is C7H12Cl2N2O. The van der Waals surface area contributed by atoms with Crippen molar-refractivity contribution in [3.05, 3.63) is 10.6 Å². The lowest BCUT2D eigenvalue weighted by Gasteiger charge is -2.21. The summed E-state index contributed by atoms with van der Waals surface area (Å²) in [5.41, 5.74) is 5.58. The first kappa shape index (κ1) is 11.8. The summed E-state index contributed by atoms with van der Waals surface area (Å²) >= 11 is 10.9. The van der Waals surface area contributed by atoms with E-state index in [1.807, 2.05) is 0 Å². The summed E-state index contributed by atoms with van der Waals surface area (Å²) in [7, 11) is 0. The Balaban J connectivity index is 4.01. The molecule has 1 amide bonds. The first-order chi connectivity index (χ1) is 5.40. The Labute approximate surface area is 81.9 Å². The predicted octanol–water partition coefficient (Wildman–Crippen LogP) is 1.16. The van der Waals surface area contributed by atoms with Gasteiger partial charge in [-0.05, 0) is 13.8 Å². The minimum Gasteiger partial charge on any atom is -0.368 e. The fourth-order valence-electron chi connectivity index (χ4n) is 0.431. The molecule has 0 aliphatic heterocycles. The van der Waals surface area contributed by atoms with Gasteiger partial charge in [0.15, 0.2) is 0 Å². The van der Waals surface area contributed by atoms with Gasteiger partial charge < -0.3 is 5.73 Å². The Morgan fingerprint density at radius 1 is 1.67 bits per heavy atom. The van der Waals surface area contributed by atoms with Crippen LogP contribution in [0.25, 0.3) is 0 Å². The Morgan fingerprint density at radius 3 is 2.50 bits per heavy atom. The molecule has 0 aliphatic rings. The van der Waals surface area contributed by atoms with Gasteiger partial charge in [-0.25, -0.2) is 0 Å². The molecule has 0 radical (unpaired) electrons. The van der Waals surface area contributed by atoms with Crippen LogP contribution in [0.5, 0.6) is 0 Å². The summed E-state index contributed by atoms with van der Waals surface area (Å²) < 4.78 is 0. The monoisotopic (exact) mass is 210 g/mol. The molecule has 70 valence electrons. The topological polar surface area (TPSA) is 55.1 Å². The van der Waals surface area contributed by atoms with Gasteiger partial charge in [0, 0.05) is 17.1 Å². The smallest absolute Gasteiger partial charge is 0.237 e. The highest BCUT2D eigenvalue weighted by Crippen LogP contribution is 2.05. The van der Waals surface area contributed by atoms with E-state index in [0.29, 0.717) is 11.6 Å². The number of nitrogens with one attached hydrogen (secondary N) is 1. The van der Waals surface area contributed by atoms with Gasteiger partial charge >= 0.3 is 0 Å². The van der Waals surface area contributed by atoms with Crippen LogP contribution in [0, 0.1) is 0 Å². The second-order valence-corrected chi connectivity index (χ2v) is 3.60. The summed E-state index contributed by atoms with van der Waals surface area (Å²) in [6.07, 6.45) is 0. The average molecular weight is 211 g/mol. The van der Waals surface area contributed by atoms with E-state index in [1.54, 1.807) is 13.8 Å². The molecule has 0 atom stereocenters. The maximum Gasteiger partial charge on any atom is 0.237 e. The van der Waals surface area contributed by atoms with Gasteiger partial charge in [-0.3, -0.25) is 10.1 Å². The molecule has 3 nitrogen and oxygen atoms in total. The molecule has 0 aromatic carbocycles. The standard InChI is InChI=1S/C7H12Cl2N2O/c1-7(2,6(10)12)11-4-5(9)3-8/h3,11H,4H2,1-2H3,(H2,10,12). The number of amides is 1. The van der Waals surface area contributed by atoms with Crippen LogP contribution in [0.1, 0.15) is 13.8 Å². The fraction of sp³-hybridized carbons (Fsp3) is 0.571. The molecule has 0 aliphatic carbocycles.